The standard InChI is InChI=1S/C13H16FN5/c1-15-7-10-3-2-4-11(14)13(10)18-5-6-19-9-16-17-12(19)8-18/h2-4,9,15H,5-8H2,1H3. The fourth-order valence-electron chi connectivity index (χ4n) is 2.50. The highest BCUT2D eigenvalue weighted by Crippen LogP contribution is 2.27. The molecule has 0 bridgehead atoms. The normalized spacial score (nSPS) is 14.5. The number of halogens is 1. The van der Waals surface area contributed by atoms with Crippen molar-refractivity contribution in [3.8, 4) is 0 Å². The molecule has 0 spiro atoms. The Kier molecular flexibility index (Phi) is 3.16. The largest absolute Gasteiger partial charge is 0.360 e. The second kappa shape index (κ2) is 4.97. The molecule has 0 fully saturated rings. The van der Waals surface area contributed by atoms with Crippen LogP contribution in [-0.2, 0) is 19.6 Å². The van der Waals surface area contributed by atoms with E-state index in [9.17, 15) is 4.39 Å². The molecule has 0 saturated carbocycles. The number of aromatic nitrogens is 3. The van der Waals surface area contributed by atoms with Gasteiger partial charge in [0.2, 0.25) is 0 Å². The summed E-state index contributed by atoms with van der Waals surface area (Å²) >= 11 is 0. The zero-order chi connectivity index (χ0) is 13.2. The van der Waals surface area contributed by atoms with Crippen molar-refractivity contribution in [2.75, 3.05) is 18.5 Å². The second-order valence-electron chi connectivity index (χ2n) is 4.64. The zero-order valence-corrected chi connectivity index (χ0v) is 10.8. The molecule has 6 heteroatoms. The van der Waals surface area contributed by atoms with Crippen molar-refractivity contribution >= 4 is 5.69 Å². The number of anilines is 1. The SMILES string of the molecule is CNCc1cccc(F)c1N1CCn2cnnc2C1. The van der Waals surface area contributed by atoms with E-state index < -0.39 is 0 Å². The monoisotopic (exact) mass is 261 g/mol. The first-order valence-electron chi connectivity index (χ1n) is 6.33. The summed E-state index contributed by atoms with van der Waals surface area (Å²) in [6, 6.07) is 5.21. The van der Waals surface area contributed by atoms with E-state index in [1.807, 2.05) is 22.6 Å². The number of fused-ring (bicyclic) bond motifs is 1. The molecule has 1 aromatic carbocycles. The predicted octanol–water partition coefficient (Wildman–Crippen LogP) is 1.16. The average molecular weight is 261 g/mol. The first-order valence-corrected chi connectivity index (χ1v) is 6.33. The van der Waals surface area contributed by atoms with E-state index >= 15 is 0 Å². The number of para-hydroxylation sites is 1. The molecule has 5 nitrogen and oxygen atoms in total. The highest BCUT2D eigenvalue weighted by molar-refractivity contribution is 5.55. The first-order chi connectivity index (χ1) is 9.29. The van der Waals surface area contributed by atoms with E-state index in [4.69, 9.17) is 0 Å². The predicted molar refractivity (Wildman–Crippen MR) is 70.2 cm³/mol. The molecule has 1 aromatic heterocycles. The maximum atomic E-state index is 14.1. The molecule has 1 aliphatic heterocycles. The lowest BCUT2D eigenvalue weighted by Crippen LogP contribution is -2.35. The van der Waals surface area contributed by atoms with Crippen LogP contribution in [0.15, 0.2) is 24.5 Å². The van der Waals surface area contributed by atoms with Gasteiger partial charge in [0.15, 0.2) is 5.82 Å². The summed E-state index contributed by atoms with van der Waals surface area (Å²) < 4.78 is 16.2. The van der Waals surface area contributed by atoms with Crippen LogP contribution in [0.1, 0.15) is 11.4 Å². The van der Waals surface area contributed by atoms with Gasteiger partial charge in [-0.2, -0.15) is 0 Å². The van der Waals surface area contributed by atoms with Crippen LogP contribution in [0.25, 0.3) is 0 Å². The molecular weight excluding hydrogens is 245 g/mol. The molecule has 2 aromatic rings. The summed E-state index contributed by atoms with van der Waals surface area (Å²) in [5.74, 6) is 0.700. The highest BCUT2D eigenvalue weighted by atomic mass is 19.1. The van der Waals surface area contributed by atoms with Crippen LogP contribution in [0.4, 0.5) is 10.1 Å². The Morgan fingerprint density at radius 3 is 3.11 bits per heavy atom. The molecule has 0 saturated heterocycles. The molecule has 2 heterocycles. The summed E-state index contributed by atoms with van der Waals surface area (Å²) in [6.45, 7) is 2.80. The van der Waals surface area contributed by atoms with E-state index in [0.29, 0.717) is 18.8 Å². The lowest BCUT2D eigenvalue weighted by atomic mass is 10.1. The Hall–Kier alpha value is -1.95. The molecule has 0 amide bonds. The fraction of sp³-hybridized carbons (Fsp3) is 0.385. The first kappa shape index (κ1) is 12.1. The summed E-state index contributed by atoms with van der Waals surface area (Å²) in [7, 11) is 1.86. The third-order valence-electron chi connectivity index (χ3n) is 3.39. The smallest absolute Gasteiger partial charge is 0.152 e. The van der Waals surface area contributed by atoms with E-state index in [1.165, 1.54) is 6.07 Å². The quantitative estimate of drug-likeness (QED) is 0.900. The number of rotatable bonds is 3. The van der Waals surface area contributed by atoms with Gasteiger partial charge in [0.25, 0.3) is 0 Å². The topological polar surface area (TPSA) is 46.0 Å². The van der Waals surface area contributed by atoms with E-state index in [1.54, 1.807) is 12.4 Å². The molecule has 19 heavy (non-hydrogen) atoms. The number of nitrogens with one attached hydrogen (secondary N) is 1. The van der Waals surface area contributed by atoms with Gasteiger partial charge >= 0.3 is 0 Å². The molecule has 3 rings (SSSR count). The molecule has 1 N–H and O–H groups in total. The maximum absolute atomic E-state index is 14.1. The van der Waals surface area contributed by atoms with E-state index in [0.717, 1.165) is 24.5 Å². The van der Waals surface area contributed by atoms with E-state index in [2.05, 4.69) is 15.5 Å². The highest BCUT2D eigenvalue weighted by Gasteiger charge is 2.22. The number of nitrogens with zero attached hydrogens (tertiary/aromatic N) is 4. The summed E-state index contributed by atoms with van der Waals surface area (Å²) in [5, 5.41) is 11.0. The molecule has 0 atom stereocenters. The molecule has 1 aliphatic rings. The Bertz CT molecular complexity index is 580. The van der Waals surface area contributed by atoms with Gasteiger partial charge in [0.1, 0.15) is 12.1 Å². The lowest BCUT2D eigenvalue weighted by molar-refractivity contribution is 0.541. The van der Waals surface area contributed by atoms with Gasteiger partial charge in [-0.25, -0.2) is 4.39 Å². The Morgan fingerprint density at radius 2 is 2.26 bits per heavy atom. The van der Waals surface area contributed by atoms with Crippen LogP contribution in [0, 0.1) is 5.82 Å². The third kappa shape index (κ3) is 2.19. The van der Waals surface area contributed by atoms with Crippen LogP contribution in [-0.4, -0.2) is 28.4 Å². The Balaban J connectivity index is 1.95. The number of benzene rings is 1. The van der Waals surface area contributed by atoms with Crippen molar-refractivity contribution < 1.29 is 4.39 Å². The summed E-state index contributed by atoms with van der Waals surface area (Å²) in [5.41, 5.74) is 1.64. The molecular formula is C13H16FN5. The third-order valence-corrected chi connectivity index (χ3v) is 3.39. The summed E-state index contributed by atoms with van der Waals surface area (Å²) in [6.07, 6.45) is 1.72. The molecule has 100 valence electrons. The van der Waals surface area contributed by atoms with Gasteiger partial charge in [0.05, 0.1) is 12.2 Å². The zero-order valence-electron chi connectivity index (χ0n) is 10.8. The van der Waals surface area contributed by atoms with Crippen LogP contribution < -0.4 is 10.2 Å². The summed E-state index contributed by atoms with van der Waals surface area (Å²) in [4.78, 5) is 2.03. The second-order valence-corrected chi connectivity index (χ2v) is 4.64. The van der Waals surface area contributed by atoms with Gasteiger partial charge in [-0.3, -0.25) is 0 Å². The number of hydrogen-bond donors (Lipinski definition) is 1. The maximum Gasteiger partial charge on any atom is 0.152 e. The van der Waals surface area contributed by atoms with Crippen molar-refractivity contribution in [3.05, 3.63) is 41.7 Å². The van der Waals surface area contributed by atoms with Gasteiger partial charge in [0, 0.05) is 19.6 Å². The van der Waals surface area contributed by atoms with E-state index in [-0.39, 0.29) is 5.82 Å². The van der Waals surface area contributed by atoms with Gasteiger partial charge in [-0.05, 0) is 18.7 Å². The van der Waals surface area contributed by atoms with Crippen LogP contribution >= 0.6 is 0 Å². The van der Waals surface area contributed by atoms with Crippen LogP contribution in [0.2, 0.25) is 0 Å². The van der Waals surface area contributed by atoms with Gasteiger partial charge in [-0.15, -0.1) is 10.2 Å². The fourth-order valence-corrected chi connectivity index (χ4v) is 2.50. The minimum absolute atomic E-state index is 0.180. The van der Waals surface area contributed by atoms with Gasteiger partial charge in [-0.1, -0.05) is 12.1 Å². The van der Waals surface area contributed by atoms with Crippen LogP contribution in [0.3, 0.4) is 0 Å². The van der Waals surface area contributed by atoms with Crippen molar-refractivity contribution in [1.82, 2.24) is 20.1 Å². The molecule has 0 aliphatic carbocycles. The Labute approximate surface area is 111 Å². The lowest BCUT2D eigenvalue weighted by Gasteiger charge is -2.31. The van der Waals surface area contributed by atoms with Crippen molar-refractivity contribution in [2.24, 2.45) is 0 Å². The van der Waals surface area contributed by atoms with Gasteiger partial charge < -0.3 is 14.8 Å². The van der Waals surface area contributed by atoms with Crippen molar-refractivity contribution in [2.45, 2.75) is 19.6 Å². The number of hydrogen-bond acceptors (Lipinski definition) is 4. The molecule has 0 unspecified atom stereocenters. The van der Waals surface area contributed by atoms with Crippen molar-refractivity contribution in [1.29, 1.82) is 0 Å². The minimum Gasteiger partial charge on any atom is -0.360 e. The van der Waals surface area contributed by atoms with Crippen molar-refractivity contribution in [3.63, 3.8) is 0 Å². The minimum atomic E-state index is -0.180. The molecule has 0 radical (unpaired) electrons. The van der Waals surface area contributed by atoms with Crippen LogP contribution in [0.5, 0.6) is 0 Å². The Morgan fingerprint density at radius 1 is 1.37 bits per heavy atom. The average Bonchev–Trinajstić information content (AvgIpc) is 2.86.